The molecule has 0 heterocycles. The third kappa shape index (κ3) is 4.28. The molecule has 0 saturated carbocycles. The highest BCUT2D eigenvalue weighted by Gasteiger charge is 2.26. The molecular formula is C18H13ClFNO4. The molecule has 0 aliphatic carbocycles. The molecule has 2 rings (SSSR count). The zero-order valence-corrected chi connectivity index (χ0v) is 13.7. The van der Waals surface area contributed by atoms with Gasteiger partial charge in [0.1, 0.15) is 35.6 Å². The Morgan fingerprint density at radius 3 is 2.76 bits per heavy atom. The Morgan fingerprint density at radius 1 is 1.44 bits per heavy atom. The fourth-order valence-electron chi connectivity index (χ4n) is 2.06. The Kier molecular flexibility index (Phi) is 5.98. The summed E-state index contributed by atoms with van der Waals surface area (Å²) in [7, 11) is 0. The van der Waals surface area contributed by atoms with Crippen molar-refractivity contribution in [1.29, 1.82) is 5.26 Å². The van der Waals surface area contributed by atoms with Crippen LogP contribution in [0.1, 0.15) is 17.2 Å². The van der Waals surface area contributed by atoms with Crippen LogP contribution in [-0.4, -0.2) is 17.7 Å². The number of nitriles is 1. The SMILES string of the molecule is C=CCOc1cc(F)c(C#N)c(OC(C(=O)O)c2ccccc2Cl)c1. The maximum Gasteiger partial charge on any atom is 0.349 e. The van der Waals surface area contributed by atoms with Crippen LogP contribution in [0.15, 0.2) is 49.1 Å². The Hall–Kier alpha value is -3.04. The Morgan fingerprint density at radius 2 is 2.16 bits per heavy atom. The normalized spacial score (nSPS) is 11.2. The van der Waals surface area contributed by atoms with Crippen LogP contribution in [0.3, 0.4) is 0 Å². The van der Waals surface area contributed by atoms with Gasteiger partial charge in [-0.3, -0.25) is 0 Å². The molecule has 25 heavy (non-hydrogen) atoms. The summed E-state index contributed by atoms with van der Waals surface area (Å²) in [6.45, 7) is 3.59. The van der Waals surface area contributed by atoms with Gasteiger partial charge in [0.05, 0.1) is 0 Å². The highest BCUT2D eigenvalue weighted by molar-refractivity contribution is 6.31. The second kappa shape index (κ2) is 8.18. The number of hydrogen-bond donors (Lipinski definition) is 1. The van der Waals surface area contributed by atoms with E-state index in [9.17, 15) is 14.3 Å². The molecule has 0 saturated heterocycles. The summed E-state index contributed by atoms with van der Waals surface area (Å²) in [4.78, 5) is 11.6. The van der Waals surface area contributed by atoms with Crippen molar-refractivity contribution in [3.05, 3.63) is 71.0 Å². The van der Waals surface area contributed by atoms with Crippen LogP contribution in [0, 0.1) is 17.1 Å². The zero-order valence-electron chi connectivity index (χ0n) is 12.9. The molecule has 1 N–H and O–H groups in total. The van der Waals surface area contributed by atoms with Gasteiger partial charge in [0.25, 0.3) is 0 Å². The number of rotatable bonds is 7. The van der Waals surface area contributed by atoms with Crippen LogP contribution in [0.2, 0.25) is 5.02 Å². The number of hydrogen-bond acceptors (Lipinski definition) is 4. The number of halogens is 2. The van der Waals surface area contributed by atoms with Gasteiger partial charge in [-0.1, -0.05) is 42.5 Å². The average molecular weight is 362 g/mol. The van der Waals surface area contributed by atoms with E-state index in [2.05, 4.69) is 6.58 Å². The monoisotopic (exact) mass is 361 g/mol. The maximum atomic E-state index is 14.1. The topological polar surface area (TPSA) is 79.5 Å². The van der Waals surface area contributed by atoms with Gasteiger partial charge in [-0.15, -0.1) is 0 Å². The van der Waals surface area contributed by atoms with Crippen LogP contribution in [0.4, 0.5) is 4.39 Å². The summed E-state index contributed by atoms with van der Waals surface area (Å²) in [5.41, 5.74) is -0.248. The van der Waals surface area contributed by atoms with E-state index in [0.717, 1.165) is 6.07 Å². The molecule has 1 unspecified atom stereocenters. The zero-order chi connectivity index (χ0) is 18.4. The predicted octanol–water partition coefficient (Wildman–Crippen LogP) is 4.12. The van der Waals surface area contributed by atoms with Crippen LogP contribution in [-0.2, 0) is 4.79 Å². The van der Waals surface area contributed by atoms with E-state index in [0.29, 0.717) is 0 Å². The molecule has 2 aromatic carbocycles. The van der Waals surface area contributed by atoms with Crippen molar-refractivity contribution in [3.63, 3.8) is 0 Å². The van der Waals surface area contributed by atoms with Crippen LogP contribution < -0.4 is 9.47 Å². The van der Waals surface area contributed by atoms with E-state index < -0.39 is 23.5 Å². The smallest absolute Gasteiger partial charge is 0.349 e. The number of carboxylic acids is 1. The molecule has 0 aliphatic heterocycles. The predicted molar refractivity (Wildman–Crippen MR) is 89.3 cm³/mol. The first-order chi connectivity index (χ1) is 12.0. The van der Waals surface area contributed by atoms with Gasteiger partial charge in [0.15, 0.2) is 0 Å². The third-order valence-corrected chi connectivity index (χ3v) is 3.51. The van der Waals surface area contributed by atoms with Crippen molar-refractivity contribution >= 4 is 17.6 Å². The van der Waals surface area contributed by atoms with Gasteiger partial charge in [0, 0.05) is 22.7 Å². The lowest BCUT2D eigenvalue weighted by atomic mass is 10.1. The van der Waals surface area contributed by atoms with Gasteiger partial charge < -0.3 is 14.6 Å². The van der Waals surface area contributed by atoms with Gasteiger partial charge in [-0.05, 0) is 6.07 Å². The quantitative estimate of drug-likeness (QED) is 0.750. The summed E-state index contributed by atoms with van der Waals surface area (Å²) >= 11 is 6.02. The molecule has 128 valence electrons. The molecule has 2 aromatic rings. The van der Waals surface area contributed by atoms with E-state index in [1.54, 1.807) is 18.2 Å². The molecule has 1 atom stereocenters. The van der Waals surface area contributed by atoms with E-state index >= 15 is 0 Å². The standard InChI is InChI=1S/C18H13ClFNO4/c1-2-7-24-11-8-15(20)13(10-21)16(9-11)25-17(18(22)23)12-5-3-4-6-14(12)19/h2-6,8-9,17H,1,7H2,(H,22,23). The second-order valence-electron chi connectivity index (χ2n) is 4.85. The van der Waals surface area contributed by atoms with E-state index in [1.165, 1.54) is 24.3 Å². The molecule has 0 fully saturated rings. The number of aliphatic carboxylic acids is 1. The third-order valence-electron chi connectivity index (χ3n) is 3.16. The Bertz CT molecular complexity index is 847. The fourth-order valence-corrected chi connectivity index (χ4v) is 2.29. The van der Waals surface area contributed by atoms with Crippen LogP contribution in [0.5, 0.6) is 11.5 Å². The molecular weight excluding hydrogens is 349 g/mol. The molecule has 5 nitrogen and oxygen atoms in total. The Labute approximate surface area is 148 Å². The summed E-state index contributed by atoms with van der Waals surface area (Å²) in [6.07, 6.45) is -0.0599. The van der Waals surface area contributed by atoms with Crippen molar-refractivity contribution in [2.24, 2.45) is 0 Å². The molecule has 0 aromatic heterocycles. The van der Waals surface area contributed by atoms with Crippen molar-refractivity contribution < 1.29 is 23.8 Å². The van der Waals surface area contributed by atoms with Crippen molar-refractivity contribution in [2.45, 2.75) is 6.10 Å². The first-order valence-electron chi connectivity index (χ1n) is 7.09. The lowest BCUT2D eigenvalue weighted by molar-refractivity contribution is -0.145. The highest BCUT2D eigenvalue weighted by atomic mass is 35.5. The average Bonchev–Trinajstić information content (AvgIpc) is 2.58. The molecule has 7 heteroatoms. The van der Waals surface area contributed by atoms with Gasteiger partial charge >= 0.3 is 5.97 Å². The summed E-state index contributed by atoms with van der Waals surface area (Å²) in [5.74, 6) is -2.40. The molecule has 0 bridgehead atoms. The minimum absolute atomic E-state index is 0.0784. The maximum absolute atomic E-state index is 14.1. The number of carboxylic acid groups (broad SMARTS) is 1. The largest absolute Gasteiger partial charge is 0.489 e. The molecule has 0 radical (unpaired) electrons. The fraction of sp³-hybridized carbons (Fsp3) is 0.111. The second-order valence-corrected chi connectivity index (χ2v) is 5.25. The summed E-state index contributed by atoms with van der Waals surface area (Å²) in [6, 6.07) is 10.1. The van der Waals surface area contributed by atoms with E-state index in [-0.39, 0.29) is 28.7 Å². The molecule has 0 spiro atoms. The minimum Gasteiger partial charge on any atom is -0.489 e. The summed E-state index contributed by atoms with van der Waals surface area (Å²) in [5, 5.41) is 18.8. The van der Waals surface area contributed by atoms with Crippen LogP contribution >= 0.6 is 11.6 Å². The summed E-state index contributed by atoms with van der Waals surface area (Å²) < 4.78 is 24.7. The lowest BCUT2D eigenvalue weighted by Gasteiger charge is -2.18. The number of ether oxygens (including phenoxy) is 2. The highest BCUT2D eigenvalue weighted by Crippen LogP contribution is 2.33. The first kappa shape index (κ1) is 18.3. The Balaban J connectivity index is 2.46. The lowest BCUT2D eigenvalue weighted by Crippen LogP contribution is -2.19. The van der Waals surface area contributed by atoms with E-state index in [4.69, 9.17) is 26.3 Å². The van der Waals surface area contributed by atoms with Crippen molar-refractivity contribution in [2.75, 3.05) is 6.61 Å². The van der Waals surface area contributed by atoms with Gasteiger partial charge in [-0.2, -0.15) is 5.26 Å². The number of benzene rings is 2. The van der Waals surface area contributed by atoms with Crippen molar-refractivity contribution in [3.8, 4) is 17.6 Å². The molecule has 0 aliphatic rings. The number of carbonyl (C=O) groups is 1. The molecule has 0 amide bonds. The van der Waals surface area contributed by atoms with Gasteiger partial charge in [0.2, 0.25) is 6.10 Å². The van der Waals surface area contributed by atoms with E-state index in [1.807, 2.05) is 0 Å². The first-order valence-corrected chi connectivity index (χ1v) is 7.47. The van der Waals surface area contributed by atoms with Crippen LogP contribution in [0.25, 0.3) is 0 Å². The van der Waals surface area contributed by atoms with Gasteiger partial charge in [-0.25, -0.2) is 9.18 Å². The van der Waals surface area contributed by atoms with Crippen molar-refractivity contribution in [1.82, 2.24) is 0 Å². The minimum atomic E-state index is -1.52. The number of nitrogens with zero attached hydrogens (tertiary/aromatic N) is 1.